The molecule has 1 aromatic rings. The van der Waals surface area contributed by atoms with Crippen molar-refractivity contribution in [2.24, 2.45) is 11.7 Å². The lowest BCUT2D eigenvalue weighted by Gasteiger charge is -2.26. The van der Waals surface area contributed by atoms with E-state index in [0.29, 0.717) is 6.04 Å². The van der Waals surface area contributed by atoms with Crippen LogP contribution in [0.5, 0.6) is 0 Å². The normalized spacial score (nSPS) is 19.6. The van der Waals surface area contributed by atoms with Crippen molar-refractivity contribution < 1.29 is 0 Å². The Balaban J connectivity index is 0.00000112. The van der Waals surface area contributed by atoms with Crippen LogP contribution in [0, 0.1) is 12.8 Å². The standard InChI is InChI=1S/C12H19NS.ClH/c1-9-7-8-11(14-9)12(13)10-5-3-2-4-6-10;/h7-8,10,12H,2-6,13H2,1H3;1H/t12-;/m0./s1. The van der Waals surface area contributed by atoms with Crippen LogP contribution in [0.4, 0.5) is 0 Å². The van der Waals surface area contributed by atoms with Gasteiger partial charge >= 0.3 is 0 Å². The SMILES string of the molecule is Cc1ccc([C@@H](N)C2CCCCC2)s1.Cl. The molecular weight excluding hydrogens is 226 g/mol. The van der Waals surface area contributed by atoms with Crippen LogP contribution in [0.2, 0.25) is 0 Å². The largest absolute Gasteiger partial charge is 0.323 e. The maximum atomic E-state index is 6.29. The molecule has 1 aromatic heterocycles. The Morgan fingerprint density at radius 3 is 2.47 bits per heavy atom. The van der Waals surface area contributed by atoms with Crippen molar-refractivity contribution in [2.75, 3.05) is 0 Å². The van der Waals surface area contributed by atoms with E-state index in [1.165, 1.54) is 41.9 Å². The molecule has 1 heterocycles. The van der Waals surface area contributed by atoms with Crippen molar-refractivity contribution in [3.63, 3.8) is 0 Å². The van der Waals surface area contributed by atoms with Gasteiger partial charge in [-0.25, -0.2) is 0 Å². The van der Waals surface area contributed by atoms with Crippen LogP contribution < -0.4 is 5.73 Å². The Labute approximate surface area is 102 Å². The predicted molar refractivity (Wildman–Crippen MR) is 69.8 cm³/mol. The lowest BCUT2D eigenvalue weighted by molar-refractivity contribution is 0.311. The van der Waals surface area contributed by atoms with E-state index in [2.05, 4.69) is 19.1 Å². The third-order valence-corrected chi connectivity index (χ3v) is 4.35. The summed E-state index contributed by atoms with van der Waals surface area (Å²) in [5, 5.41) is 0. The van der Waals surface area contributed by atoms with Gasteiger partial charge in [-0.05, 0) is 37.8 Å². The molecule has 1 fully saturated rings. The quantitative estimate of drug-likeness (QED) is 0.836. The monoisotopic (exact) mass is 245 g/mol. The van der Waals surface area contributed by atoms with E-state index in [9.17, 15) is 0 Å². The van der Waals surface area contributed by atoms with E-state index >= 15 is 0 Å². The zero-order chi connectivity index (χ0) is 9.97. The Morgan fingerprint density at radius 1 is 1.27 bits per heavy atom. The summed E-state index contributed by atoms with van der Waals surface area (Å²) in [6, 6.07) is 4.69. The lowest BCUT2D eigenvalue weighted by Crippen LogP contribution is -2.22. The van der Waals surface area contributed by atoms with E-state index in [4.69, 9.17) is 5.73 Å². The molecule has 2 rings (SSSR count). The van der Waals surface area contributed by atoms with Gasteiger partial charge in [0.1, 0.15) is 0 Å². The van der Waals surface area contributed by atoms with Crippen molar-refractivity contribution in [2.45, 2.75) is 45.1 Å². The number of thiophene rings is 1. The zero-order valence-electron chi connectivity index (χ0n) is 9.24. The molecule has 1 aliphatic rings. The van der Waals surface area contributed by atoms with Gasteiger partial charge in [-0.2, -0.15) is 0 Å². The zero-order valence-corrected chi connectivity index (χ0v) is 10.9. The molecule has 0 radical (unpaired) electrons. The number of halogens is 1. The van der Waals surface area contributed by atoms with Crippen molar-refractivity contribution in [1.29, 1.82) is 0 Å². The highest BCUT2D eigenvalue weighted by Crippen LogP contribution is 2.35. The lowest BCUT2D eigenvalue weighted by atomic mass is 9.84. The van der Waals surface area contributed by atoms with Gasteiger partial charge in [-0.1, -0.05) is 19.3 Å². The molecular formula is C12H20ClNS. The van der Waals surface area contributed by atoms with Gasteiger partial charge < -0.3 is 5.73 Å². The van der Waals surface area contributed by atoms with Crippen molar-refractivity contribution in [3.05, 3.63) is 21.9 Å². The van der Waals surface area contributed by atoms with Gasteiger partial charge in [0.05, 0.1) is 0 Å². The number of nitrogens with two attached hydrogens (primary N) is 1. The molecule has 0 unspecified atom stereocenters. The van der Waals surface area contributed by atoms with Gasteiger partial charge in [0.15, 0.2) is 0 Å². The van der Waals surface area contributed by atoms with Crippen LogP contribution >= 0.6 is 23.7 Å². The van der Waals surface area contributed by atoms with Crippen molar-refractivity contribution in [1.82, 2.24) is 0 Å². The maximum absolute atomic E-state index is 6.29. The van der Waals surface area contributed by atoms with E-state index in [1.54, 1.807) is 0 Å². The minimum atomic E-state index is 0. The second-order valence-corrected chi connectivity index (χ2v) is 5.69. The van der Waals surface area contributed by atoms with Crippen molar-refractivity contribution >= 4 is 23.7 Å². The second-order valence-electron chi connectivity index (χ2n) is 4.37. The van der Waals surface area contributed by atoms with Crippen LogP contribution in [0.1, 0.15) is 47.9 Å². The summed E-state index contributed by atoms with van der Waals surface area (Å²) in [6.07, 6.45) is 6.83. The fourth-order valence-electron chi connectivity index (χ4n) is 2.36. The smallest absolute Gasteiger partial charge is 0.0418 e. The van der Waals surface area contributed by atoms with Crippen LogP contribution in [0.3, 0.4) is 0 Å². The van der Waals surface area contributed by atoms with Crippen LogP contribution in [-0.2, 0) is 0 Å². The molecule has 3 heteroatoms. The molecule has 1 aliphatic carbocycles. The molecule has 0 bridgehead atoms. The first-order valence-electron chi connectivity index (χ1n) is 5.59. The fourth-order valence-corrected chi connectivity index (χ4v) is 3.33. The highest BCUT2D eigenvalue weighted by atomic mass is 35.5. The number of aryl methyl sites for hydroxylation is 1. The van der Waals surface area contributed by atoms with Crippen molar-refractivity contribution in [3.8, 4) is 0 Å². The average molecular weight is 246 g/mol. The minimum absolute atomic E-state index is 0. The molecule has 1 atom stereocenters. The summed E-state index contributed by atoms with van der Waals surface area (Å²) in [7, 11) is 0. The first-order chi connectivity index (χ1) is 6.77. The molecule has 15 heavy (non-hydrogen) atoms. The van der Waals surface area contributed by atoms with Crippen LogP contribution in [-0.4, -0.2) is 0 Å². The number of rotatable bonds is 2. The Kier molecular flexibility index (Phi) is 5.10. The molecule has 0 aliphatic heterocycles. The van der Waals surface area contributed by atoms with E-state index in [0.717, 1.165) is 5.92 Å². The molecule has 1 saturated carbocycles. The topological polar surface area (TPSA) is 26.0 Å². The Bertz CT molecular complexity index is 292. The Hall–Kier alpha value is -0.0500. The molecule has 0 saturated heterocycles. The second kappa shape index (κ2) is 5.88. The maximum Gasteiger partial charge on any atom is 0.0418 e. The van der Waals surface area contributed by atoms with E-state index in [-0.39, 0.29) is 12.4 Å². The highest BCUT2D eigenvalue weighted by Gasteiger charge is 2.22. The molecule has 1 nitrogen and oxygen atoms in total. The number of hydrogen-bond donors (Lipinski definition) is 1. The van der Waals surface area contributed by atoms with Gasteiger partial charge in [0.2, 0.25) is 0 Å². The predicted octanol–water partition coefficient (Wildman–Crippen LogP) is 4.06. The molecule has 0 amide bonds. The first-order valence-corrected chi connectivity index (χ1v) is 6.41. The van der Waals surface area contributed by atoms with Gasteiger partial charge in [0, 0.05) is 15.8 Å². The average Bonchev–Trinajstić information content (AvgIpc) is 2.65. The third kappa shape index (κ3) is 3.20. The summed E-state index contributed by atoms with van der Waals surface area (Å²) in [6.45, 7) is 2.15. The molecule has 2 N–H and O–H groups in total. The molecule has 0 aromatic carbocycles. The minimum Gasteiger partial charge on any atom is -0.323 e. The van der Waals surface area contributed by atoms with Gasteiger partial charge in [0.25, 0.3) is 0 Å². The van der Waals surface area contributed by atoms with Crippen LogP contribution in [0.25, 0.3) is 0 Å². The van der Waals surface area contributed by atoms with Crippen LogP contribution in [0.15, 0.2) is 12.1 Å². The van der Waals surface area contributed by atoms with Gasteiger partial charge in [-0.15, -0.1) is 23.7 Å². The summed E-state index contributed by atoms with van der Waals surface area (Å²) in [5.74, 6) is 0.738. The number of hydrogen-bond acceptors (Lipinski definition) is 2. The first kappa shape index (κ1) is 13.0. The summed E-state index contributed by atoms with van der Waals surface area (Å²) in [4.78, 5) is 2.76. The fraction of sp³-hybridized carbons (Fsp3) is 0.667. The molecule has 86 valence electrons. The third-order valence-electron chi connectivity index (χ3n) is 3.25. The summed E-state index contributed by atoms with van der Waals surface area (Å²) in [5.41, 5.74) is 6.29. The summed E-state index contributed by atoms with van der Waals surface area (Å²) >= 11 is 1.86. The highest BCUT2D eigenvalue weighted by molar-refractivity contribution is 7.12. The van der Waals surface area contributed by atoms with Gasteiger partial charge in [-0.3, -0.25) is 0 Å². The van der Waals surface area contributed by atoms with E-state index < -0.39 is 0 Å². The van der Waals surface area contributed by atoms with E-state index in [1.807, 2.05) is 11.3 Å². The summed E-state index contributed by atoms with van der Waals surface area (Å²) < 4.78 is 0. The Morgan fingerprint density at radius 2 is 1.93 bits per heavy atom. The molecule has 0 spiro atoms.